The fourth-order valence-corrected chi connectivity index (χ4v) is 0.383. The molecular formula is C5H5F3N2O. The monoisotopic (exact) mass is 166 g/mol. The van der Waals surface area contributed by atoms with Crippen LogP contribution in [0.15, 0.2) is 0 Å². The van der Waals surface area contributed by atoms with E-state index in [0.29, 0.717) is 0 Å². The summed E-state index contributed by atoms with van der Waals surface area (Å²) < 4.78 is 34.2. The van der Waals surface area contributed by atoms with E-state index < -0.39 is 25.0 Å². The predicted molar refractivity (Wildman–Crippen MR) is 29.3 cm³/mol. The molecule has 0 atom stereocenters. The molecule has 1 amide bonds. The van der Waals surface area contributed by atoms with Crippen LogP contribution in [0.4, 0.5) is 13.2 Å². The number of nitriles is 1. The number of amides is 1. The molecule has 0 heterocycles. The number of nitrogens with one attached hydrogen (secondary N) is 1. The smallest absolute Gasteiger partial charge is 0.343 e. The molecule has 0 saturated carbocycles. The third kappa shape index (κ3) is 6.64. The minimum Gasteiger partial charge on any atom is -0.343 e. The minimum atomic E-state index is -4.50. The average molecular weight is 166 g/mol. The molecule has 3 nitrogen and oxygen atoms in total. The van der Waals surface area contributed by atoms with Gasteiger partial charge in [-0.2, -0.15) is 18.4 Å². The lowest BCUT2D eigenvalue weighted by molar-refractivity contribution is -0.153. The number of carbonyl (C=O) groups excluding carboxylic acids is 1. The van der Waals surface area contributed by atoms with Crippen molar-refractivity contribution < 1.29 is 18.0 Å². The summed E-state index contributed by atoms with van der Waals surface area (Å²) in [4.78, 5) is 10.2. The van der Waals surface area contributed by atoms with Crippen LogP contribution in [0.3, 0.4) is 0 Å². The third-order valence-electron chi connectivity index (χ3n) is 0.726. The molecule has 0 aromatic carbocycles. The molecule has 0 aliphatic carbocycles. The molecule has 0 unspecified atom stereocenters. The van der Waals surface area contributed by atoms with E-state index in [1.165, 1.54) is 6.07 Å². The second kappa shape index (κ2) is 3.81. The molecular weight excluding hydrogens is 161 g/mol. The zero-order valence-electron chi connectivity index (χ0n) is 5.40. The second-order valence-corrected chi connectivity index (χ2v) is 1.73. The van der Waals surface area contributed by atoms with Gasteiger partial charge in [0.1, 0.15) is 13.0 Å². The third-order valence-corrected chi connectivity index (χ3v) is 0.726. The predicted octanol–water partition coefficient (Wildman–Crippen LogP) is 0.579. The topological polar surface area (TPSA) is 52.9 Å². The van der Waals surface area contributed by atoms with Gasteiger partial charge in [-0.15, -0.1) is 0 Å². The summed E-state index contributed by atoms with van der Waals surface area (Å²) in [6.45, 7) is -0.394. The summed E-state index contributed by atoms with van der Waals surface area (Å²) in [7, 11) is 0. The summed E-state index contributed by atoms with van der Waals surface area (Å²) >= 11 is 0. The van der Waals surface area contributed by atoms with Gasteiger partial charge in [0, 0.05) is 0 Å². The first-order valence-corrected chi connectivity index (χ1v) is 2.66. The molecule has 0 aromatic rings. The van der Waals surface area contributed by atoms with E-state index in [-0.39, 0.29) is 0 Å². The van der Waals surface area contributed by atoms with Gasteiger partial charge in [0.05, 0.1) is 6.07 Å². The first-order valence-electron chi connectivity index (χ1n) is 2.66. The Labute approximate surface area is 60.8 Å². The van der Waals surface area contributed by atoms with Crippen molar-refractivity contribution >= 4 is 5.91 Å². The van der Waals surface area contributed by atoms with Gasteiger partial charge in [0.2, 0.25) is 5.91 Å². The molecule has 11 heavy (non-hydrogen) atoms. The van der Waals surface area contributed by atoms with Crippen molar-refractivity contribution in [3.8, 4) is 6.07 Å². The molecule has 0 aromatic heterocycles. The first kappa shape index (κ1) is 9.75. The standard InChI is InChI=1S/C5H5F3N2O/c6-5(7,8)3-4(11)10-2-1-9/h2-3H2,(H,10,11). The molecule has 0 fully saturated rings. The van der Waals surface area contributed by atoms with Gasteiger partial charge >= 0.3 is 6.18 Å². The lowest BCUT2D eigenvalue weighted by atomic mass is 10.4. The van der Waals surface area contributed by atoms with Gasteiger partial charge in [-0.05, 0) is 0 Å². The van der Waals surface area contributed by atoms with E-state index in [1.807, 2.05) is 0 Å². The fourth-order valence-electron chi connectivity index (χ4n) is 0.383. The van der Waals surface area contributed by atoms with Crippen molar-refractivity contribution in [2.75, 3.05) is 6.54 Å². The fraction of sp³-hybridized carbons (Fsp3) is 0.600. The zero-order chi connectivity index (χ0) is 8.91. The maximum absolute atomic E-state index is 11.4. The summed E-state index contributed by atoms with van der Waals surface area (Å²) in [5.41, 5.74) is 0. The number of nitrogens with zero attached hydrogens (tertiary/aromatic N) is 1. The van der Waals surface area contributed by atoms with Crippen LogP contribution in [0, 0.1) is 11.3 Å². The highest BCUT2D eigenvalue weighted by Crippen LogP contribution is 2.18. The summed E-state index contributed by atoms with van der Waals surface area (Å²) in [5.74, 6) is -1.18. The largest absolute Gasteiger partial charge is 0.397 e. The van der Waals surface area contributed by atoms with Gasteiger partial charge < -0.3 is 5.32 Å². The molecule has 62 valence electrons. The second-order valence-electron chi connectivity index (χ2n) is 1.73. The molecule has 0 aliphatic heterocycles. The van der Waals surface area contributed by atoms with Gasteiger partial charge in [-0.1, -0.05) is 0 Å². The van der Waals surface area contributed by atoms with Gasteiger partial charge in [0.25, 0.3) is 0 Å². The van der Waals surface area contributed by atoms with Crippen molar-refractivity contribution in [2.45, 2.75) is 12.6 Å². The van der Waals surface area contributed by atoms with E-state index in [4.69, 9.17) is 5.26 Å². The van der Waals surface area contributed by atoms with Crippen LogP contribution in [-0.2, 0) is 4.79 Å². The molecule has 0 aliphatic rings. The molecule has 6 heteroatoms. The van der Waals surface area contributed by atoms with Crippen LogP contribution in [-0.4, -0.2) is 18.6 Å². The number of alkyl halides is 3. The summed E-state index contributed by atoms with van der Waals surface area (Å²) in [6, 6.07) is 1.49. The van der Waals surface area contributed by atoms with Crippen LogP contribution in [0.5, 0.6) is 0 Å². The lowest BCUT2D eigenvalue weighted by Gasteiger charge is -2.03. The van der Waals surface area contributed by atoms with Gasteiger partial charge in [-0.3, -0.25) is 4.79 Å². The number of halogens is 3. The summed E-state index contributed by atoms with van der Waals surface area (Å²) in [5, 5.41) is 9.64. The molecule has 0 saturated heterocycles. The van der Waals surface area contributed by atoms with Crippen molar-refractivity contribution in [1.82, 2.24) is 5.32 Å². The van der Waals surface area contributed by atoms with Crippen molar-refractivity contribution in [3.05, 3.63) is 0 Å². The minimum absolute atomic E-state index is 0.394. The highest BCUT2D eigenvalue weighted by Gasteiger charge is 2.30. The van der Waals surface area contributed by atoms with Gasteiger partial charge in [-0.25, -0.2) is 0 Å². The van der Waals surface area contributed by atoms with E-state index in [9.17, 15) is 18.0 Å². The Bertz CT molecular complexity index is 181. The van der Waals surface area contributed by atoms with E-state index in [0.717, 1.165) is 0 Å². The SMILES string of the molecule is N#CCNC(=O)CC(F)(F)F. The Hall–Kier alpha value is -1.25. The number of hydrogen-bond acceptors (Lipinski definition) is 2. The highest BCUT2D eigenvalue weighted by atomic mass is 19.4. The van der Waals surface area contributed by atoms with Crippen LogP contribution >= 0.6 is 0 Å². The maximum Gasteiger partial charge on any atom is 0.397 e. The molecule has 0 bridgehead atoms. The molecule has 1 N–H and O–H groups in total. The van der Waals surface area contributed by atoms with E-state index in [2.05, 4.69) is 0 Å². The van der Waals surface area contributed by atoms with Crippen LogP contribution in [0.1, 0.15) is 6.42 Å². The van der Waals surface area contributed by atoms with Crippen molar-refractivity contribution in [3.63, 3.8) is 0 Å². The molecule has 0 radical (unpaired) electrons. The molecule has 0 rings (SSSR count). The van der Waals surface area contributed by atoms with Crippen LogP contribution in [0.25, 0.3) is 0 Å². The number of carbonyl (C=O) groups is 1. The van der Waals surface area contributed by atoms with Crippen molar-refractivity contribution in [2.24, 2.45) is 0 Å². The Morgan fingerprint density at radius 3 is 2.45 bits per heavy atom. The van der Waals surface area contributed by atoms with E-state index in [1.54, 1.807) is 5.32 Å². The quantitative estimate of drug-likeness (QED) is 0.610. The Kier molecular flexibility index (Phi) is 3.37. The Balaban J connectivity index is 3.64. The van der Waals surface area contributed by atoms with Crippen LogP contribution in [0.2, 0.25) is 0 Å². The Morgan fingerprint density at radius 2 is 2.09 bits per heavy atom. The maximum atomic E-state index is 11.4. The first-order chi connectivity index (χ1) is 4.95. The Morgan fingerprint density at radius 1 is 1.55 bits per heavy atom. The van der Waals surface area contributed by atoms with Crippen LogP contribution < -0.4 is 5.32 Å². The normalized spacial score (nSPS) is 10.4. The van der Waals surface area contributed by atoms with E-state index >= 15 is 0 Å². The number of rotatable bonds is 2. The lowest BCUT2D eigenvalue weighted by Crippen LogP contribution is -2.28. The zero-order valence-corrected chi connectivity index (χ0v) is 5.40. The van der Waals surface area contributed by atoms with Gasteiger partial charge in [0.15, 0.2) is 0 Å². The highest BCUT2D eigenvalue weighted by molar-refractivity contribution is 5.76. The summed E-state index contributed by atoms with van der Waals surface area (Å²) in [6.07, 6.45) is -6.03. The average Bonchev–Trinajstić information content (AvgIpc) is 1.79. The molecule has 0 spiro atoms. The van der Waals surface area contributed by atoms with Crippen molar-refractivity contribution in [1.29, 1.82) is 5.26 Å². The number of hydrogen-bond donors (Lipinski definition) is 1.